The molecule has 0 bridgehead atoms. The third kappa shape index (κ3) is 8.68. The average molecular weight is 338 g/mol. The largest absolute Gasteiger partial charge is 0.460 e. The number of carbonyl (C=O) groups is 2. The first kappa shape index (κ1) is 23.0. The Kier molecular flexibility index (Phi) is 11.5. The molecule has 0 amide bonds. The molecule has 0 spiro atoms. The molecule has 0 aliphatic carbocycles. The molecule has 0 heterocycles. The van der Waals surface area contributed by atoms with E-state index in [4.69, 9.17) is 18.9 Å². The molecule has 0 aliphatic rings. The molecule has 0 aromatic rings. The molecule has 0 aromatic heterocycles. The van der Waals surface area contributed by atoms with E-state index in [1.165, 1.54) is 0 Å². The summed E-state index contributed by atoms with van der Waals surface area (Å²) < 4.78 is 21.0. The van der Waals surface area contributed by atoms with E-state index in [1.54, 1.807) is 41.5 Å². The molecule has 0 unspecified atom stereocenters. The Balaban J connectivity index is 0. The van der Waals surface area contributed by atoms with Gasteiger partial charge in [-0.05, 0) is 41.5 Å². The second kappa shape index (κ2) is 10.5. The molecule has 0 N–H and O–H groups in total. The SMILES string of the molecule is CCOC(OCC)(OCC)C(=O)CC(=O)OC(C)(C)C.[Ti]. The van der Waals surface area contributed by atoms with Crippen LogP contribution in [0.15, 0.2) is 0 Å². The van der Waals surface area contributed by atoms with Crippen LogP contribution in [0.3, 0.4) is 0 Å². The van der Waals surface area contributed by atoms with Crippen LogP contribution in [-0.2, 0) is 50.3 Å². The van der Waals surface area contributed by atoms with E-state index < -0.39 is 29.7 Å². The first-order chi connectivity index (χ1) is 9.20. The van der Waals surface area contributed by atoms with Gasteiger partial charge in [0.1, 0.15) is 12.0 Å². The Morgan fingerprint density at radius 2 is 1.24 bits per heavy atom. The smallest absolute Gasteiger partial charge is 0.347 e. The Hall–Kier alpha value is -0.266. The summed E-state index contributed by atoms with van der Waals surface area (Å²) in [5.41, 5.74) is -0.650. The number of esters is 1. The van der Waals surface area contributed by atoms with Crippen LogP contribution in [0, 0.1) is 0 Å². The van der Waals surface area contributed by atoms with Crippen LogP contribution >= 0.6 is 0 Å². The minimum Gasteiger partial charge on any atom is -0.460 e. The topological polar surface area (TPSA) is 71.1 Å². The standard InChI is InChI=1S/C14H26O6.Ti/c1-7-17-14(18-8-2,19-9-3)11(15)10-12(16)20-13(4,5)6;/h7-10H2,1-6H3;. The fourth-order valence-corrected chi connectivity index (χ4v) is 1.55. The van der Waals surface area contributed by atoms with Gasteiger partial charge in [-0.2, -0.15) is 0 Å². The van der Waals surface area contributed by atoms with Crippen molar-refractivity contribution >= 4 is 11.8 Å². The van der Waals surface area contributed by atoms with Crippen molar-refractivity contribution in [1.82, 2.24) is 0 Å². The van der Waals surface area contributed by atoms with Crippen molar-refractivity contribution in [2.45, 2.75) is 59.5 Å². The van der Waals surface area contributed by atoms with Gasteiger partial charge in [-0.25, -0.2) is 0 Å². The Bertz CT molecular complexity index is 307. The van der Waals surface area contributed by atoms with Crippen LogP contribution in [0.25, 0.3) is 0 Å². The van der Waals surface area contributed by atoms with Gasteiger partial charge in [-0.3, -0.25) is 9.59 Å². The molecule has 0 radical (unpaired) electrons. The van der Waals surface area contributed by atoms with E-state index in [0.29, 0.717) is 0 Å². The van der Waals surface area contributed by atoms with E-state index in [2.05, 4.69) is 0 Å². The summed E-state index contributed by atoms with van der Waals surface area (Å²) in [5, 5.41) is 0. The van der Waals surface area contributed by atoms with Gasteiger partial charge in [-0.15, -0.1) is 0 Å². The zero-order chi connectivity index (χ0) is 15.8. The van der Waals surface area contributed by atoms with Gasteiger partial charge in [0.15, 0.2) is 0 Å². The van der Waals surface area contributed by atoms with Crippen molar-refractivity contribution in [3.05, 3.63) is 0 Å². The van der Waals surface area contributed by atoms with Gasteiger partial charge in [-0.1, -0.05) is 0 Å². The zero-order valence-corrected chi connectivity index (χ0v) is 15.3. The Morgan fingerprint density at radius 3 is 1.52 bits per heavy atom. The minimum absolute atomic E-state index is 0. The van der Waals surface area contributed by atoms with E-state index >= 15 is 0 Å². The maximum Gasteiger partial charge on any atom is 0.347 e. The van der Waals surface area contributed by atoms with Gasteiger partial charge >= 0.3 is 11.9 Å². The first-order valence-electron chi connectivity index (χ1n) is 6.87. The molecule has 0 fully saturated rings. The summed E-state index contributed by atoms with van der Waals surface area (Å²) in [6, 6.07) is 0. The molecule has 0 saturated heterocycles. The molecule has 0 aromatic carbocycles. The monoisotopic (exact) mass is 338 g/mol. The van der Waals surface area contributed by atoms with Crippen molar-refractivity contribution in [2.24, 2.45) is 0 Å². The molecule has 21 heavy (non-hydrogen) atoms. The average Bonchev–Trinajstić information content (AvgIpc) is 2.26. The predicted octanol–water partition coefficient (Wildman–Crippen LogP) is 2.05. The second-order valence-electron chi connectivity index (χ2n) is 5.04. The summed E-state index contributed by atoms with van der Waals surface area (Å²) in [7, 11) is 0. The third-order valence-corrected chi connectivity index (χ3v) is 2.07. The number of hydrogen-bond donors (Lipinski definition) is 0. The van der Waals surface area contributed by atoms with Crippen LogP contribution in [0.4, 0.5) is 0 Å². The van der Waals surface area contributed by atoms with Crippen molar-refractivity contribution in [3.8, 4) is 0 Å². The van der Waals surface area contributed by atoms with Crippen molar-refractivity contribution in [2.75, 3.05) is 19.8 Å². The zero-order valence-electron chi connectivity index (χ0n) is 13.8. The summed E-state index contributed by atoms with van der Waals surface area (Å²) in [6.07, 6.45) is -0.461. The van der Waals surface area contributed by atoms with Crippen LogP contribution in [0.2, 0.25) is 0 Å². The van der Waals surface area contributed by atoms with Crippen molar-refractivity contribution in [1.29, 1.82) is 0 Å². The second-order valence-corrected chi connectivity index (χ2v) is 5.04. The van der Waals surface area contributed by atoms with Crippen molar-refractivity contribution in [3.63, 3.8) is 0 Å². The van der Waals surface area contributed by atoms with Gasteiger partial charge in [0.2, 0.25) is 5.78 Å². The summed E-state index contributed by atoms with van der Waals surface area (Å²) in [5.74, 6) is -3.06. The maximum absolute atomic E-state index is 12.3. The molecule has 0 atom stereocenters. The van der Waals surface area contributed by atoms with Gasteiger partial charge in [0.25, 0.3) is 0 Å². The maximum atomic E-state index is 12.3. The molecular formula is C14H26O6Ti. The van der Waals surface area contributed by atoms with Gasteiger partial charge in [0.05, 0.1) is 19.8 Å². The predicted molar refractivity (Wildman–Crippen MR) is 73.1 cm³/mol. The quantitative estimate of drug-likeness (QED) is 0.277. The molecule has 7 heteroatoms. The van der Waals surface area contributed by atoms with Gasteiger partial charge in [0, 0.05) is 21.7 Å². The Labute approximate surface area is 141 Å². The first-order valence-corrected chi connectivity index (χ1v) is 6.87. The van der Waals surface area contributed by atoms with E-state index in [1.807, 2.05) is 0 Å². The summed E-state index contributed by atoms with van der Waals surface area (Å²) in [4.78, 5) is 24.0. The van der Waals surface area contributed by atoms with Crippen LogP contribution in [0.1, 0.15) is 48.0 Å². The molecule has 122 valence electrons. The summed E-state index contributed by atoms with van der Waals surface area (Å²) in [6.45, 7) is 11.0. The van der Waals surface area contributed by atoms with Crippen LogP contribution < -0.4 is 0 Å². The number of carbonyl (C=O) groups excluding carboxylic acids is 2. The number of hydrogen-bond acceptors (Lipinski definition) is 6. The molecule has 0 saturated carbocycles. The van der Waals surface area contributed by atoms with Crippen LogP contribution in [-0.4, -0.2) is 43.1 Å². The Morgan fingerprint density at radius 1 is 0.857 bits per heavy atom. The molecule has 0 rings (SSSR count). The van der Waals surface area contributed by atoms with E-state index in [9.17, 15) is 9.59 Å². The molecular weight excluding hydrogens is 312 g/mol. The molecule has 6 nitrogen and oxygen atoms in total. The third-order valence-electron chi connectivity index (χ3n) is 2.07. The number of rotatable bonds is 9. The van der Waals surface area contributed by atoms with E-state index in [-0.39, 0.29) is 41.5 Å². The fourth-order valence-electron chi connectivity index (χ4n) is 1.55. The number of Topliss-reactive ketones (excluding diaryl/α,β-unsaturated/α-hetero) is 1. The fraction of sp³-hybridized carbons (Fsp3) is 0.857. The number of ether oxygens (including phenoxy) is 4. The normalized spacial score (nSPS) is 11.7. The van der Waals surface area contributed by atoms with Crippen LogP contribution in [0.5, 0.6) is 0 Å². The van der Waals surface area contributed by atoms with E-state index in [0.717, 1.165) is 0 Å². The minimum atomic E-state index is -1.82. The van der Waals surface area contributed by atoms with Crippen molar-refractivity contribution < 1.29 is 50.3 Å². The number of ketones is 1. The van der Waals surface area contributed by atoms with Gasteiger partial charge < -0.3 is 18.9 Å². The molecule has 0 aliphatic heterocycles. The summed E-state index contributed by atoms with van der Waals surface area (Å²) >= 11 is 0.